The number of hydrogen-bond donors (Lipinski definition) is 0. The standard InChI is InChI=1S/C22H21F2N5O3/c1-12-6-7-28(21(30)18-8-13-4-3-5-17(31-2)19(13)32-18)10-14(12)16-9-15(20(23)24)27-22-25-11-26-29(16)22/h3-5,8-9,11-12,14,20H,6-7,10H2,1-2H3/t12-,14+/m0/s1. The molecule has 8 nitrogen and oxygen atoms in total. The summed E-state index contributed by atoms with van der Waals surface area (Å²) in [6, 6.07) is 8.52. The van der Waals surface area contributed by atoms with Crippen LogP contribution < -0.4 is 4.74 Å². The maximum atomic E-state index is 13.4. The number of alkyl halides is 2. The van der Waals surface area contributed by atoms with E-state index in [2.05, 4.69) is 15.1 Å². The predicted octanol–water partition coefficient (Wildman–Crippen LogP) is 4.08. The summed E-state index contributed by atoms with van der Waals surface area (Å²) in [5, 5.41) is 4.94. The maximum Gasteiger partial charge on any atom is 0.289 e. The van der Waals surface area contributed by atoms with Crippen LogP contribution in [0.25, 0.3) is 16.7 Å². The van der Waals surface area contributed by atoms with Gasteiger partial charge in [-0.05, 0) is 30.5 Å². The molecule has 2 atom stereocenters. The number of furan rings is 1. The number of carbonyl (C=O) groups is 1. The summed E-state index contributed by atoms with van der Waals surface area (Å²) < 4.78 is 39.5. The molecule has 0 saturated carbocycles. The fraction of sp³-hybridized carbons (Fsp3) is 0.364. The Kier molecular flexibility index (Phi) is 4.99. The summed E-state index contributed by atoms with van der Waals surface area (Å²) in [6.07, 6.45) is -0.723. The number of methoxy groups -OCH3 is 1. The fourth-order valence-corrected chi connectivity index (χ4v) is 4.33. The van der Waals surface area contributed by atoms with Gasteiger partial charge in [-0.15, -0.1) is 0 Å². The van der Waals surface area contributed by atoms with Crippen LogP contribution in [-0.2, 0) is 0 Å². The van der Waals surface area contributed by atoms with E-state index in [-0.39, 0.29) is 35.0 Å². The van der Waals surface area contributed by atoms with Gasteiger partial charge in [0.15, 0.2) is 17.1 Å². The Bertz CT molecular complexity index is 1300. The van der Waals surface area contributed by atoms with Crippen LogP contribution in [0.3, 0.4) is 0 Å². The second kappa shape index (κ2) is 7.85. The van der Waals surface area contributed by atoms with Gasteiger partial charge in [-0.1, -0.05) is 19.1 Å². The number of fused-ring (bicyclic) bond motifs is 2. The van der Waals surface area contributed by atoms with Crippen molar-refractivity contribution in [3.05, 3.63) is 53.8 Å². The topological polar surface area (TPSA) is 85.8 Å². The van der Waals surface area contributed by atoms with Gasteiger partial charge in [-0.3, -0.25) is 4.79 Å². The summed E-state index contributed by atoms with van der Waals surface area (Å²) in [5.41, 5.74) is 0.736. The van der Waals surface area contributed by atoms with Crippen LogP contribution in [0.15, 0.2) is 41.1 Å². The molecule has 0 unspecified atom stereocenters. The molecular formula is C22H21F2N5O3. The van der Waals surface area contributed by atoms with E-state index in [1.54, 1.807) is 24.1 Å². The molecule has 1 aliphatic rings. The van der Waals surface area contributed by atoms with Crippen molar-refractivity contribution < 1.29 is 22.7 Å². The molecule has 3 aromatic heterocycles. The van der Waals surface area contributed by atoms with Crippen molar-refractivity contribution in [2.24, 2.45) is 5.92 Å². The summed E-state index contributed by atoms with van der Waals surface area (Å²) in [4.78, 5) is 22.8. The molecule has 1 aromatic carbocycles. The first-order valence-corrected chi connectivity index (χ1v) is 10.3. The molecule has 1 saturated heterocycles. The number of likely N-dealkylation sites (tertiary alicyclic amines) is 1. The van der Waals surface area contributed by atoms with E-state index in [1.165, 1.54) is 16.9 Å². The molecule has 1 aliphatic heterocycles. The highest BCUT2D eigenvalue weighted by atomic mass is 19.3. The van der Waals surface area contributed by atoms with Crippen LogP contribution in [0.4, 0.5) is 8.78 Å². The van der Waals surface area contributed by atoms with Crippen molar-refractivity contribution in [1.82, 2.24) is 24.5 Å². The predicted molar refractivity (Wildman–Crippen MR) is 111 cm³/mol. The van der Waals surface area contributed by atoms with Gasteiger partial charge in [0.05, 0.1) is 12.8 Å². The third kappa shape index (κ3) is 3.35. The van der Waals surface area contributed by atoms with E-state index in [0.29, 0.717) is 36.5 Å². The smallest absolute Gasteiger partial charge is 0.289 e. The van der Waals surface area contributed by atoms with E-state index in [0.717, 1.165) is 5.39 Å². The largest absolute Gasteiger partial charge is 0.493 e. The molecule has 0 spiro atoms. The Hall–Kier alpha value is -3.56. The lowest BCUT2D eigenvalue weighted by molar-refractivity contribution is 0.0635. The Labute approximate surface area is 181 Å². The minimum atomic E-state index is -2.72. The molecule has 5 rings (SSSR count). The Morgan fingerprint density at radius 1 is 1.31 bits per heavy atom. The van der Waals surface area contributed by atoms with Gasteiger partial charge in [0, 0.05) is 24.4 Å². The number of rotatable bonds is 4. The van der Waals surface area contributed by atoms with Crippen molar-refractivity contribution in [3.8, 4) is 5.75 Å². The number of amides is 1. The summed E-state index contributed by atoms with van der Waals surface area (Å²) in [7, 11) is 1.54. The van der Waals surface area contributed by atoms with Gasteiger partial charge >= 0.3 is 0 Å². The number of aromatic nitrogens is 4. The first-order chi connectivity index (χ1) is 15.5. The van der Waals surface area contributed by atoms with Gasteiger partial charge in [-0.2, -0.15) is 10.1 Å². The zero-order valence-corrected chi connectivity index (χ0v) is 17.5. The number of nitrogens with zero attached hydrogens (tertiary/aromatic N) is 5. The molecule has 0 bridgehead atoms. The minimum absolute atomic E-state index is 0.123. The molecule has 0 radical (unpaired) electrons. The van der Waals surface area contributed by atoms with Crippen molar-refractivity contribution in [2.45, 2.75) is 25.7 Å². The highest BCUT2D eigenvalue weighted by molar-refractivity contribution is 5.97. The summed E-state index contributed by atoms with van der Waals surface area (Å²) in [6.45, 7) is 2.93. The molecule has 4 heterocycles. The lowest BCUT2D eigenvalue weighted by Gasteiger charge is -2.36. The molecule has 0 aliphatic carbocycles. The summed E-state index contributed by atoms with van der Waals surface area (Å²) in [5.74, 6) is 0.575. The third-order valence-corrected chi connectivity index (χ3v) is 6.09. The van der Waals surface area contributed by atoms with Crippen molar-refractivity contribution in [2.75, 3.05) is 20.2 Å². The van der Waals surface area contributed by atoms with Gasteiger partial charge < -0.3 is 14.1 Å². The number of para-hydroxylation sites is 1. The molecule has 1 amide bonds. The third-order valence-electron chi connectivity index (χ3n) is 6.09. The zero-order valence-electron chi connectivity index (χ0n) is 17.5. The van der Waals surface area contributed by atoms with E-state index in [1.807, 2.05) is 19.1 Å². The van der Waals surface area contributed by atoms with Crippen LogP contribution in [0.5, 0.6) is 5.75 Å². The molecular weight excluding hydrogens is 420 g/mol. The second-order valence-electron chi connectivity index (χ2n) is 7.99. The average molecular weight is 441 g/mol. The average Bonchev–Trinajstić information content (AvgIpc) is 3.45. The molecule has 4 aromatic rings. The van der Waals surface area contributed by atoms with Crippen LogP contribution in [0, 0.1) is 5.92 Å². The lowest BCUT2D eigenvalue weighted by Crippen LogP contribution is -2.42. The van der Waals surface area contributed by atoms with Crippen LogP contribution in [0.1, 0.15) is 47.6 Å². The number of benzene rings is 1. The molecule has 166 valence electrons. The monoisotopic (exact) mass is 441 g/mol. The highest BCUT2D eigenvalue weighted by Crippen LogP contribution is 2.35. The van der Waals surface area contributed by atoms with E-state index >= 15 is 0 Å². The van der Waals surface area contributed by atoms with E-state index < -0.39 is 6.43 Å². The van der Waals surface area contributed by atoms with Crippen molar-refractivity contribution in [3.63, 3.8) is 0 Å². The number of carbonyl (C=O) groups excluding carboxylic acids is 1. The highest BCUT2D eigenvalue weighted by Gasteiger charge is 2.34. The van der Waals surface area contributed by atoms with Crippen molar-refractivity contribution >= 4 is 22.7 Å². The zero-order chi connectivity index (χ0) is 22.4. The van der Waals surface area contributed by atoms with Crippen LogP contribution in [0.2, 0.25) is 0 Å². The first-order valence-electron chi connectivity index (χ1n) is 10.3. The molecule has 0 N–H and O–H groups in total. The van der Waals surface area contributed by atoms with Gasteiger partial charge in [-0.25, -0.2) is 18.3 Å². The normalized spacial score (nSPS) is 19.2. The lowest BCUT2D eigenvalue weighted by atomic mass is 9.84. The summed E-state index contributed by atoms with van der Waals surface area (Å²) >= 11 is 0. The van der Waals surface area contributed by atoms with Gasteiger partial charge in [0.25, 0.3) is 18.1 Å². The van der Waals surface area contributed by atoms with E-state index in [4.69, 9.17) is 9.15 Å². The first kappa shape index (κ1) is 20.3. The SMILES string of the molecule is COc1cccc2cc(C(=O)N3CC[C@H](C)[C@H](c4cc(C(F)F)nc5ncnn45)C3)oc12. The van der Waals surface area contributed by atoms with Crippen molar-refractivity contribution in [1.29, 1.82) is 0 Å². The molecule has 10 heteroatoms. The Balaban J connectivity index is 1.48. The number of piperidine rings is 1. The van der Waals surface area contributed by atoms with Gasteiger partial charge in [0.2, 0.25) is 0 Å². The fourth-order valence-electron chi connectivity index (χ4n) is 4.33. The molecule has 1 fully saturated rings. The number of halogens is 2. The minimum Gasteiger partial charge on any atom is -0.493 e. The van der Waals surface area contributed by atoms with Crippen LogP contribution >= 0.6 is 0 Å². The quantitative estimate of drug-likeness (QED) is 0.474. The Morgan fingerprint density at radius 3 is 2.94 bits per heavy atom. The number of hydrogen-bond acceptors (Lipinski definition) is 6. The number of ether oxygens (including phenoxy) is 1. The second-order valence-corrected chi connectivity index (χ2v) is 7.99. The van der Waals surface area contributed by atoms with Gasteiger partial charge in [0.1, 0.15) is 12.0 Å². The molecule has 32 heavy (non-hydrogen) atoms. The van der Waals surface area contributed by atoms with E-state index in [9.17, 15) is 13.6 Å². The van der Waals surface area contributed by atoms with Crippen LogP contribution in [-0.4, -0.2) is 50.6 Å². The maximum absolute atomic E-state index is 13.4. The Morgan fingerprint density at radius 2 is 2.16 bits per heavy atom.